The molecule has 0 fully saturated rings. The molecule has 0 amide bonds. The molecule has 3 aromatic rings. The largest absolute Gasteiger partial charge is 0.778 e. The first-order chi connectivity index (χ1) is 24.2. The fraction of sp³-hybridized carbons (Fsp3) is 0.414. The van der Waals surface area contributed by atoms with Crippen molar-refractivity contribution in [2.45, 2.75) is 30.8 Å². The van der Waals surface area contributed by atoms with Crippen LogP contribution in [0.2, 0.25) is 15.1 Å². The summed E-state index contributed by atoms with van der Waals surface area (Å²) in [6, 6.07) is 5.54. The number of ether oxygens (including phenoxy) is 2. The Morgan fingerprint density at radius 3 is 2.15 bits per heavy atom. The molecule has 1 aromatic heterocycles. The maximum absolute atomic E-state index is 14.3. The first-order valence-electron chi connectivity index (χ1n) is 14.5. The molecular weight excluding hydrogens is 833 g/mol. The van der Waals surface area contributed by atoms with E-state index in [1.165, 1.54) is 32.4 Å². The third-order valence-corrected chi connectivity index (χ3v) is 9.31. The van der Waals surface area contributed by atoms with E-state index < -0.39 is 44.2 Å². The Labute approximate surface area is 324 Å². The number of aliphatic carboxylic acids is 1. The zero-order valence-electron chi connectivity index (χ0n) is 28.4. The van der Waals surface area contributed by atoms with Crippen molar-refractivity contribution in [3.05, 3.63) is 65.2 Å². The lowest BCUT2D eigenvalue weighted by molar-refractivity contribution is -0.193. The van der Waals surface area contributed by atoms with E-state index in [0.29, 0.717) is 33.7 Å². The lowest BCUT2D eigenvalue weighted by Gasteiger charge is -2.15. The Hall–Kier alpha value is -2.58. The van der Waals surface area contributed by atoms with Crippen molar-refractivity contribution in [1.82, 2.24) is 14.7 Å². The minimum atomic E-state index is -4.35. The quantitative estimate of drug-likeness (QED) is 0.0975. The number of benzene rings is 2. The van der Waals surface area contributed by atoms with E-state index in [0.717, 1.165) is 42.0 Å². The summed E-state index contributed by atoms with van der Waals surface area (Å²) in [5, 5.41) is 19.3. The Bertz CT molecular complexity index is 1870. The second-order valence-corrected chi connectivity index (χ2v) is 17.6. The lowest BCUT2D eigenvalue weighted by Crippen LogP contribution is -2.31. The molecule has 4 rings (SSSR count). The van der Waals surface area contributed by atoms with Crippen molar-refractivity contribution in [1.29, 1.82) is 0 Å². The number of aromatic nitrogens is 2. The van der Waals surface area contributed by atoms with Crippen LogP contribution in [-0.2, 0) is 42.9 Å². The number of thioether (sulfide) groups is 1. The molecule has 1 unspecified atom stereocenters. The van der Waals surface area contributed by atoms with Crippen molar-refractivity contribution in [2.24, 2.45) is 4.99 Å². The predicted molar refractivity (Wildman–Crippen MR) is 201 cm³/mol. The highest BCUT2D eigenvalue weighted by Gasteiger charge is 2.18. The first-order valence-corrected chi connectivity index (χ1v) is 21.6. The number of esters is 1. The van der Waals surface area contributed by atoms with Gasteiger partial charge < -0.3 is 34.0 Å². The monoisotopic (exact) mass is 868 g/mol. The molecule has 0 radical (unpaired) electrons. The van der Waals surface area contributed by atoms with Crippen LogP contribution in [0.15, 0.2) is 38.9 Å². The average Bonchev–Trinajstić information content (AvgIpc) is 3.36. The molecule has 52 heavy (non-hydrogen) atoms. The number of carbonyl (C=O) groups is 3. The van der Waals surface area contributed by atoms with Crippen LogP contribution in [0, 0.1) is 5.82 Å². The van der Waals surface area contributed by atoms with Gasteiger partial charge in [-0.05, 0) is 59.3 Å². The second-order valence-electron chi connectivity index (χ2n) is 10.4. The maximum Gasteiger partial charge on any atom is 0.341 e. The van der Waals surface area contributed by atoms with Gasteiger partial charge in [-0.2, -0.15) is 0 Å². The van der Waals surface area contributed by atoms with Crippen molar-refractivity contribution in [3.63, 3.8) is 0 Å². The minimum absolute atomic E-state index is 0.0605. The van der Waals surface area contributed by atoms with Gasteiger partial charge in [0, 0.05) is 18.0 Å². The molecule has 0 aliphatic carbocycles. The number of carboxylic acid groups (broad SMARTS) is 2. The highest BCUT2D eigenvalue weighted by Crippen LogP contribution is 2.34. The summed E-state index contributed by atoms with van der Waals surface area (Å²) in [5.41, 5.74) is -0.0313. The van der Waals surface area contributed by atoms with Gasteiger partial charge in [-0.3, -0.25) is 24.4 Å². The number of methoxy groups -OCH3 is 2. The van der Waals surface area contributed by atoms with Crippen molar-refractivity contribution in [3.8, 4) is 5.75 Å². The molecule has 290 valence electrons. The van der Waals surface area contributed by atoms with E-state index in [4.69, 9.17) is 54.6 Å². The minimum Gasteiger partial charge on any atom is -0.778 e. The molecule has 1 aliphatic rings. The number of rotatable bonds is 10. The van der Waals surface area contributed by atoms with Crippen LogP contribution >= 0.6 is 65.5 Å². The van der Waals surface area contributed by atoms with Gasteiger partial charge in [0.2, 0.25) is 4.80 Å². The smallest absolute Gasteiger partial charge is 0.341 e. The van der Waals surface area contributed by atoms with Crippen molar-refractivity contribution >= 4 is 100.0 Å². The number of halogens is 4. The highest BCUT2D eigenvalue weighted by atomic mass is 35.5. The highest BCUT2D eigenvalue weighted by molar-refractivity contribution is 8.00. The summed E-state index contributed by atoms with van der Waals surface area (Å²) in [6.45, 7) is 0.845. The number of nitrogens with one attached hydrogen (secondary N) is 1. The summed E-state index contributed by atoms with van der Waals surface area (Å²) in [5.74, 6) is -3.17. The van der Waals surface area contributed by atoms with Crippen LogP contribution in [0.25, 0.3) is 0 Å². The molecule has 0 saturated heterocycles. The average molecular weight is 870 g/mol. The Kier molecular flexibility index (Phi) is 21.2. The molecule has 0 bridgehead atoms. The van der Waals surface area contributed by atoms with E-state index in [1.54, 1.807) is 9.36 Å². The molecule has 0 saturated carbocycles. The Morgan fingerprint density at radius 2 is 1.65 bits per heavy atom. The number of carbonyl (C=O) groups excluding carboxylic acids is 1. The Balaban J connectivity index is 0.000000419. The van der Waals surface area contributed by atoms with Gasteiger partial charge in [0.15, 0.2) is 5.75 Å². The van der Waals surface area contributed by atoms with E-state index >= 15 is 0 Å². The molecule has 1 aliphatic heterocycles. The molecule has 2 heterocycles. The number of carboxylic acids is 2. The number of hydrogen-bond acceptors (Lipinski definition) is 12. The SMILES string of the molecule is COC(=O)CSc1cc(N=c2sc(=O)n3n2CCCC3)c(F)cc1Cl.COc1c(Cl)ccc(Cl)c1C(=O)O.C[S+](C)C.O=C(O)CNCP(=O)([O-])O. The summed E-state index contributed by atoms with van der Waals surface area (Å²) in [7, 11) is -1.07. The summed E-state index contributed by atoms with van der Waals surface area (Å²) < 4.78 is 37.0. The van der Waals surface area contributed by atoms with Gasteiger partial charge in [0.05, 0.1) is 66.6 Å². The van der Waals surface area contributed by atoms with Crippen LogP contribution in [0.5, 0.6) is 5.75 Å². The van der Waals surface area contributed by atoms with Crippen LogP contribution in [0.1, 0.15) is 23.2 Å². The van der Waals surface area contributed by atoms with Gasteiger partial charge >= 0.3 is 22.8 Å². The molecule has 4 N–H and O–H groups in total. The summed E-state index contributed by atoms with van der Waals surface area (Å²) >= 11 is 19.5. The molecule has 15 nitrogen and oxygen atoms in total. The summed E-state index contributed by atoms with van der Waals surface area (Å²) in [6.07, 6.45) is 7.77. The molecule has 23 heteroatoms. The van der Waals surface area contributed by atoms with Crippen molar-refractivity contribution < 1.29 is 52.8 Å². The van der Waals surface area contributed by atoms with Crippen LogP contribution < -0.4 is 24.6 Å². The Morgan fingerprint density at radius 1 is 1.08 bits per heavy atom. The zero-order chi connectivity index (χ0) is 39.8. The lowest BCUT2D eigenvalue weighted by atomic mass is 10.2. The molecule has 0 spiro atoms. The van der Waals surface area contributed by atoms with E-state index in [2.05, 4.69) is 28.5 Å². The summed E-state index contributed by atoms with van der Waals surface area (Å²) in [4.78, 5) is 67.0. The molecular formula is C29H37Cl3FN4O11PS3. The van der Waals surface area contributed by atoms with Gasteiger partial charge in [-0.1, -0.05) is 34.8 Å². The third kappa shape index (κ3) is 17.0. The number of aromatic carboxylic acids is 1. The van der Waals surface area contributed by atoms with E-state index in [9.17, 15) is 33.0 Å². The van der Waals surface area contributed by atoms with E-state index in [-0.39, 0.29) is 42.7 Å². The maximum atomic E-state index is 14.3. The van der Waals surface area contributed by atoms with E-state index in [1.807, 2.05) is 5.32 Å². The van der Waals surface area contributed by atoms with Gasteiger partial charge in [-0.15, -0.1) is 11.8 Å². The van der Waals surface area contributed by atoms with Gasteiger partial charge in [-0.25, -0.2) is 18.9 Å². The zero-order valence-corrected chi connectivity index (χ0v) is 34.0. The molecule has 1 atom stereocenters. The normalized spacial score (nSPS) is 13.2. The predicted octanol–water partition coefficient (Wildman–Crippen LogP) is 4.15. The number of fused-ring (bicyclic) bond motifs is 1. The van der Waals surface area contributed by atoms with Crippen LogP contribution in [0.4, 0.5) is 10.1 Å². The van der Waals surface area contributed by atoms with Crippen molar-refractivity contribution in [2.75, 3.05) is 51.6 Å². The standard InChI is InChI=1S/C15H15ClFN3O3S2.C8H6Cl2O3.C3H8NO5P.C3H9S/c1-23-13(21)8-24-12-7-11(10(17)6-9(12)16)18-14-19-4-2-3-5-20(19)15(22)25-14;1-13-7-5(10)3-2-4(9)6(7)8(11)12;5-3(6)1-4-2-10(7,8)9;1-4(2)3/h6-7H,2-5,8H2,1H3;2-3H,1H3,(H,11,12);4H,1-2H2,(H,5,6)(H2,7,8,9);1-3H3/q;;;+1/p-1. The fourth-order valence-electron chi connectivity index (χ4n) is 3.67. The number of nitrogens with zero attached hydrogens (tertiary/aromatic N) is 3. The second kappa shape index (κ2) is 23.3. The molecule has 2 aromatic carbocycles. The topological polar surface area (TPSA) is 222 Å². The van der Waals surface area contributed by atoms with Crippen LogP contribution in [0.3, 0.4) is 0 Å². The van der Waals surface area contributed by atoms with Gasteiger partial charge in [0.1, 0.15) is 24.7 Å². The van der Waals surface area contributed by atoms with Crippen LogP contribution in [-0.4, -0.2) is 93.9 Å². The number of hydrogen-bond donors (Lipinski definition) is 4. The first kappa shape index (κ1) is 47.4. The third-order valence-electron chi connectivity index (χ3n) is 5.75. The van der Waals surface area contributed by atoms with Gasteiger partial charge in [0.25, 0.3) is 0 Å². The fourth-order valence-corrected chi connectivity index (χ4v) is 6.51.